The van der Waals surface area contributed by atoms with Gasteiger partial charge in [0.2, 0.25) is 5.82 Å². The Labute approximate surface area is 123 Å². The first-order valence-corrected chi connectivity index (χ1v) is 7.48. The largest absolute Gasteiger partial charge is 0.449 e. The van der Waals surface area contributed by atoms with Crippen molar-refractivity contribution in [2.45, 2.75) is 46.0 Å². The Balaban J connectivity index is 2.38. The molecule has 120 valence electrons. The molecule has 0 bridgehead atoms. The van der Waals surface area contributed by atoms with Crippen molar-refractivity contribution in [1.29, 1.82) is 0 Å². The predicted molar refractivity (Wildman–Crippen MR) is 75.1 cm³/mol. The summed E-state index contributed by atoms with van der Waals surface area (Å²) in [4.78, 5) is 6.00. The summed E-state index contributed by atoms with van der Waals surface area (Å²) in [5.74, 6) is -0.754. The summed E-state index contributed by atoms with van der Waals surface area (Å²) in [7, 11) is 0. The fourth-order valence-corrected chi connectivity index (χ4v) is 2.94. The maximum Gasteiger partial charge on any atom is 0.449 e. The highest BCUT2D eigenvalue weighted by Crippen LogP contribution is 2.33. The van der Waals surface area contributed by atoms with Crippen LogP contribution in [0.15, 0.2) is 0 Å². The lowest BCUT2D eigenvalue weighted by Gasteiger charge is -2.27. The van der Waals surface area contributed by atoms with Crippen LogP contribution in [0.5, 0.6) is 0 Å². The van der Waals surface area contributed by atoms with Gasteiger partial charge in [0.1, 0.15) is 0 Å². The van der Waals surface area contributed by atoms with E-state index in [1.165, 1.54) is 4.57 Å². The van der Waals surface area contributed by atoms with Gasteiger partial charge in [-0.25, -0.2) is 4.98 Å². The number of fused-ring (bicyclic) bond motifs is 1. The highest BCUT2D eigenvalue weighted by Gasteiger charge is 2.40. The van der Waals surface area contributed by atoms with Gasteiger partial charge in [-0.3, -0.25) is 0 Å². The molecule has 0 aliphatic carbocycles. The number of hydrogen-bond acceptors (Lipinski definition) is 3. The van der Waals surface area contributed by atoms with E-state index in [1.54, 1.807) is 0 Å². The van der Waals surface area contributed by atoms with Crippen molar-refractivity contribution in [3.63, 3.8) is 0 Å². The van der Waals surface area contributed by atoms with E-state index < -0.39 is 12.0 Å². The van der Waals surface area contributed by atoms with Crippen LogP contribution in [0, 0.1) is 0 Å². The summed E-state index contributed by atoms with van der Waals surface area (Å²) in [5.41, 5.74) is 1.28. The highest BCUT2D eigenvalue weighted by atomic mass is 19.4. The number of likely N-dealkylation sites (N-methyl/N-ethyl adjacent to an activating group) is 1. The van der Waals surface area contributed by atoms with Crippen LogP contribution >= 0.6 is 0 Å². The van der Waals surface area contributed by atoms with E-state index in [0.29, 0.717) is 31.7 Å². The molecule has 4 nitrogen and oxygen atoms in total. The second-order valence-electron chi connectivity index (χ2n) is 5.46. The monoisotopic (exact) mass is 304 g/mol. The molecule has 0 amide bonds. The van der Waals surface area contributed by atoms with Gasteiger partial charge >= 0.3 is 6.18 Å². The molecule has 21 heavy (non-hydrogen) atoms. The predicted octanol–water partition coefficient (Wildman–Crippen LogP) is 2.45. The third-order valence-corrected chi connectivity index (χ3v) is 4.04. The molecule has 1 atom stereocenters. The molecule has 0 saturated carbocycles. The lowest BCUT2D eigenvalue weighted by molar-refractivity contribution is -0.148. The molecule has 2 heterocycles. The second-order valence-corrected chi connectivity index (χ2v) is 5.46. The minimum atomic E-state index is -4.41. The number of rotatable bonds is 5. The van der Waals surface area contributed by atoms with Gasteiger partial charge in [0.25, 0.3) is 0 Å². The maximum absolute atomic E-state index is 13.3. The van der Waals surface area contributed by atoms with E-state index in [1.807, 2.05) is 20.8 Å². The Morgan fingerprint density at radius 2 is 2.00 bits per heavy atom. The summed E-state index contributed by atoms with van der Waals surface area (Å²) in [5, 5.41) is 3.08. The Kier molecular flexibility index (Phi) is 4.93. The third-order valence-electron chi connectivity index (χ3n) is 4.04. The Morgan fingerprint density at radius 3 is 2.57 bits per heavy atom. The summed E-state index contributed by atoms with van der Waals surface area (Å²) in [6.07, 6.45) is -3.81. The zero-order valence-electron chi connectivity index (χ0n) is 12.8. The van der Waals surface area contributed by atoms with Gasteiger partial charge in [-0.05, 0) is 20.0 Å². The first kappa shape index (κ1) is 16.3. The van der Waals surface area contributed by atoms with Crippen molar-refractivity contribution in [1.82, 2.24) is 19.8 Å². The molecule has 1 unspecified atom stereocenters. The van der Waals surface area contributed by atoms with Crippen LogP contribution in [0.2, 0.25) is 0 Å². The van der Waals surface area contributed by atoms with Crippen molar-refractivity contribution >= 4 is 0 Å². The zero-order chi connectivity index (χ0) is 15.6. The smallest absolute Gasteiger partial charge is 0.320 e. The minimum absolute atomic E-state index is 0.240. The number of alkyl halides is 3. The van der Waals surface area contributed by atoms with Crippen LogP contribution in [0.1, 0.15) is 44.0 Å². The van der Waals surface area contributed by atoms with Gasteiger partial charge in [-0.15, -0.1) is 0 Å². The summed E-state index contributed by atoms with van der Waals surface area (Å²) in [6.45, 7) is 9.28. The van der Waals surface area contributed by atoms with Crippen LogP contribution in [0.25, 0.3) is 0 Å². The van der Waals surface area contributed by atoms with Crippen molar-refractivity contribution in [2.24, 2.45) is 0 Å². The normalized spacial score (nSPS) is 17.1. The van der Waals surface area contributed by atoms with E-state index in [-0.39, 0.29) is 6.04 Å². The van der Waals surface area contributed by atoms with Gasteiger partial charge in [0, 0.05) is 37.8 Å². The number of hydrogen-bond donors (Lipinski definition) is 1. The Bertz CT molecular complexity index is 477. The van der Waals surface area contributed by atoms with Crippen LogP contribution in [0.4, 0.5) is 13.2 Å². The molecule has 0 fully saturated rings. The topological polar surface area (TPSA) is 33.1 Å². The zero-order valence-corrected chi connectivity index (χ0v) is 12.8. The standard InChI is InChI=1S/C14H23F3N4/c1-4-20(5-2)9-10(3)21-12-6-7-18-8-11(12)19-13(21)14(15,16)17/h10,18H,4-9H2,1-3H3. The third kappa shape index (κ3) is 3.40. The Hall–Kier alpha value is -1.08. The summed E-state index contributed by atoms with van der Waals surface area (Å²) >= 11 is 0. The molecule has 7 heteroatoms. The Morgan fingerprint density at radius 1 is 1.33 bits per heavy atom. The van der Waals surface area contributed by atoms with E-state index in [0.717, 1.165) is 18.8 Å². The molecule has 1 aromatic rings. The van der Waals surface area contributed by atoms with E-state index in [9.17, 15) is 13.2 Å². The molecule has 1 aliphatic heterocycles. The van der Waals surface area contributed by atoms with Gasteiger partial charge in [0.15, 0.2) is 0 Å². The number of nitrogens with one attached hydrogen (secondary N) is 1. The van der Waals surface area contributed by atoms with Crippen LogP contribution in [-0.2, 0) is 19.1 Å². The number of nitrogens with zero attached hydrogens (tertiary/aromatic N) is 3. The molecule has 0 radical (unpaired) electrons. The molecular formula is C14H23F3N4. The average molecular weight is 304 g/mol. The lowest BCUT2D eigenvalue weighted by Crippen LogP contribution is -2.33. The van der Waals surface area contributed by atoms with Gasteiger partial charge < -0.3 is 14.8 Å². The quantitative estimate of drug-likeness (QED) is 0.907. The lowest BCUT2D eigenvalue weighted by atomic mass is 10.1. The van der Waals surface area contributed by atoms with Crippen molar-refractivity contribution in [3.05, 3.63) is 17.2 Å². The van der Waals surface area contributed by atoms with Crippen LogP contribution in [-0.4, -0.2) is 40.6 Å². The van der Waals surface area contributed by atoms with Gasteiger partial charge in [-0.1, -0.05) is 13.8 Å². The number of aromatic nitrogens is 2. The van der Waals surface area contributed by atoms with E-state index >= 15 is 0 Å². The summed E-state index contributed by atoms with van der Waals surface area (Å²) < 4.78 is 41.2. The van der Waals surface area contributed by atoms with E-state index in [4.69, 9.17) is 0 Å². The summed E-state index contributed by atoms with van der Waals surface area (Å²) in [6, 6.07) is -0.240. The first-order chi connectivity index (χ1) is 9.88. The molecule has 0 spiro atoms. The maximum atomic E-state index is 13.3. The molecular weight excluding hydrogens is 281 g/mol. The van der Waals surface area contributed by atoms with Crippen LogP contribution in [0.3, 0.4) is 0 Å². The first-order valence-electron chi connectivity index (χ1n) is 7.48. The molecule has 1 aliphatic rings. The van der Waals surface area contributed by atoms with Crippen LogP contribution < -0.4 is 5.32 Å². The minimum Gasteiger partial charge on any atom is -0.320 e. The fourth-order valence-electron chi connectivity index (χ4n) is 2.94. The average Bonchev–Trinajstić information content (AvgIpc) is 2.84. The van der Waals surface area contributed by atoms with Gasteiger partial charge in [0.05, 0.1) is 5.69 Å². The molecule has 1 N–H and O–H groups in total. The fraction of sp³-hybridized carbons (Fsp3) is 0.786. The van der Waals surface area contributed by atoms with Crippen molar-refractivity contribution < 1.29 is 13.2 Å². The van der Waals surface area contributed by atoms with Crippen molar-refractivity contribution in [2.75, 3.05) is 26.2 Å². The highest BCUT2D eigenvalue weighted by molar-refractivity contribution is 5.22. The number of imidazole rings is 1. The number of halogens is 3. The second kappa shape index (κ2) is 6.36. The van der Waals surface area contributed by atoms with Gasteiger partial charge in [-0.2, -0.15) is 13.2 Å². The molecule has 0 aromatic carbocycles. The molecule has 0 saturated heterocycles. The molecule has 1 aromatic heterocycles. The van der Waals surface area contributed by atoms with Crippen molar-refractivity contribution in [3.8, 4) is 0 Å². The molecule has 2 rings (SSSR count). The SMILES string of the molecule is CCN(CC)CC(C)n1c(C(F)(F)F)nc2c1CCNC2. The van der Waals surface area contributed by atoms with E-state index in [2.05, 4.69) is 15.2 Å².